The molecule has 11 heteroatoms. The van der Waals surface area contributed by atoms with Crippen LogP contribution in [0.25, 0.3) is 0 Å². The number of piperazine rings is 1. The van der Waals surface area contributed by atoms with Gasteiger partial charge in [0.15, 0.2) is 0 Å². The van der Waals surface area contributed by atoms with E-state index >= 15 is 0 Å². The molecule has 1 aromatic carbocycles. The third kappa shape index (κ3) is 6.44. The van der Waals surface area contributed by atoms with Crippen molar-refractivity contribution in [3.8, 4) is 5.75 Å². The molecule has 2 N–H and O–H groups in total. The lowest BCUT2D eigenvalue weighted by Crippen LogP contribution is -2.57. The summed E-state index contributed by atoms with van der Waals surface area (Å²) in [6.07, 6.45) is -4.99. The number of halogens is 3. The van der Waals surface area contributed by atoms with E-state index in [1.54, 1.807) is 0 Å². The van der Waals surface area contributed by atoms with Crippen LogP contribution < -0.4 is 15.4 Å². The number of esters is 1. The van der Waals surface area contributed by atoms with Gasteiger partial charge in [-0.25, -0.2) is 0 Å². The van der Waals surface area contributed by atoms with Crippen LogP contribution in [0.3, 0.4) is 0 Å². The first kappa shape index (κ1) is 20.5. The van der Waals surface area contributed by atoms with Crippen LogP contribution in [0.4, 0.5) is 18.9 Å². The smallest absolute Gasteiger partial charge is 0.469 e. The average molecular weight is 389 g/mol. The van der Waals surface area contributed by atoms with Gasteiger partial charge in [0, 0.05) is 18.8 Å². The molecule has 1 aromatic rings. The quantitative estimate of drug-likeness (QED) is 0.702. The van der Waals surface area contributed by atoms with E-state index in [1.165, 1.54) is 24.1 Å². The number of anilines is 1. The minimum Gasteiger partial charge on any atom is -0.469 e. The van der Waals surface area contributed by atoms with E-state index in [0.717, 1.165) is 12.1 Å². The van der Waals surface area contributed by atoms with Crippen LogP contribution in [0.5, 0.6) is 5.75 Å². The minimum absolute atomic E-state index is 0.171. The third-order valence-electron chi connectivity index (χ3n) is 3.75. The molecule has 0 saturated carbocycles. The molecule has 8 nitrogen and oxygen atoms in total. The van der Waals surface area contributed by atoms with Crippen LogP contribution in [0, 0.1) is 0 Å². The maximum atomic E-state index is 12.2. The van der Waals surface area contributed by atoms with E-state index < -0.39 is 30.0 Å². The van der Waals surface area contributed by atoms with Crippen molar-refractivity contribution in [1.29, 1.82) is 0 Å². The third-order valence-corrected chi connectivity index (χ3v) is 3.75. The van der Waals surface area contributed by atoms with Crippen molar-refractivity contribution in [2.45, 2.75) is 18.8 Å². The summed E-state index contributed by atoms with van der Waals surface area (Å²) in [7, 11) is 1.20. The largest absolute Gasteiger partial charge is 0.573 e. The van der Waals surface area contributed by atoms with Crippen LogP contribution in [-0.4, -0.2) is 61.8 Å². The van der Waals surface area contributed by atoms with Crippen LogP contribution in [-0.2, 0) is 19.1 Å². The number of nitrogens with one attached hydrogen (secondary N) is 2. The second-order valence-corrected chi connectivity index (χ2v) is 5.68. The number of benzene rings is 1. The molecule has 1 aliphatic heterocycles. The van der Waals surface area contributed by atoms with Gasteiger partial charge in [-0.2, -0.15) is 0 Å². The lowest BCUT2D eigenvalue weighted by Gasteiger charge is -2.33. The van der Waals surface area contributed by atoms with E-state index in [1.807, 2.05) is 0 Å². The fraction of sp³-hybridized carbons (Fsp3) is 0.438. The highest BCUT2D eigenvalue weighted by Gasteiger charge is 2.33. The highest BCUT2D eigenvalue weighted by atomic mass is 19.4. The van der Waals surface area contributed by atoms with Crippen LogP contribution in [0.15, 0.2) is 24.3 Å². The highest BCUT2D eigenvalue weighted by molar-refractivity contribution is 5.93. The summed E-state index contributed by atoms with van der Waals surface area (Å²) >= 11 is 0. The Labute approximate surface area is 152 Å². The number of alkyl halides is 3. The summed E-state index contributed by atoms with van der Waals surface area (Å²) in [6, 6.07) is 3.82. The highest BCUT2D eigenvalue weighted by Crippen LogP contribution is 2.24. The molecular weight excluding hydrogens is 371 g/mol. The molecule has 0 bridgehead atoms. The lowest BCUT2D eigenvalue weighted by molar-refractivity contribution is -0.274. The number of methoxy groups -OCH3 is 1. The molecule has 2 rings (SSSR count). The molecule has 0 aromatic heterocycles. The minimum atomic E-state index is -4.80. The van der Waals surface area contributed by atoms with Gasteiger partial charge in [-0.3, -0.25) is 19.3 Å². The van der Waals surface area contributed by atoms with Gasteiger partial charge in [-0.05, 0) is 24.3 Å². The second-order valence-electron chi connectivity index (χ2n) is 5.68. The van der Waals surface area contributed by atoms with E-state index in [-0.39, 0.29) is 24.6 Å². The molecular formula is C16H18F3N3O5. The van der Waals surface area contributed by atoms with Crippen molar-refractivity contribution in [2.24, 2.45) is 0 Å². The zero-order valence-electron chi connectivity index (χ0n) is 14.3. The average Bonchev–Trinajstić information content (AvgIpc) is 2.58. The number of hydrogen-bond donors (Lipinski definition) is 2. The number of nitrogens with zero attached hydrogens (tertiary/aromatic N) is 1. The van der Waals surface area contributed by atoms with E-state index in [2.05, 4.69) is 20.1 Å². The summed E-state index contributed by atoms with van der Waals surface area (Å²) < 4.78 is 44.7. The van der Waals surface area contributed by atoms with Crippen molar-refractivity contribution in [1.82, 2.24) is 10.2 Å². The molecule has 1 saturated heterocycles. The first-order valence-corrected chi connectivity index (χ1v) is 7.92. The fourth-order valence-electron chi connectivity index (χ4n) is 2.54. The Morgan fingerprint density at radius 3 is 2.56 bits per heavy atom. The lowest BCUT2D eigenvalue weighted by atomic mass is 10.1. The zero-order valence-corrected chi connectivity index (χ0v) is 14.3. The van der Waals surface area contributed by atoms with Gasteiger partial charge in [0.25, 0.3) is 0 Å². The number of carbonyl (C=O) groups excluding carboxylic acids is 3. The van der Waals surface area contributed by atoms with Crippen molar-refractivity contribution in [3.05, 3.63) is 24.3 Å². The number of rotatable bonds is 6. The molecule has 148 valence electrons. The predicted molar refractivity (Wildman–Crippen MR) is 86.8 cm³/mol. The normalized spacial score (nSPS) is 17.8. The fourth-order valence-corrected chi connectivity index (χ4v) is 2.54. The number of amides is 2. The van der Waals surface area contributed by atoms with E-state index in [9.17, 15) is 27.6 Å². The van der Waals surface area contributed by atoms with Crippen LogP contribution in [0.1, 0.15) is 6.42 Å². The Morgan fingerprint density at radius 2 is 1.96 bits per heavy atom. The molecule has 1 heterocycles. The Bertz CT molecular complexity index is 694. The monoisotopic (exact) mass is 389 g/mol. The van der Waals surface area contributed by atoms with Crippen LogP contribution >= 0.6 is 0 Å². The molecule has 1 fully saturated rings. The molecule has 0 spiro atoms. The SMILES string of the molecule is COC(=O)C[C@H]1C(=O)NCCN1CC(=O)Nc1ccc(OC(F)(F)F)cc1. The molecule has 0 aliphatic carbocycles. The van der Waals surface area contributed by atoms with Crippen molar-refractivity contribution >= 4 is 23.5 Å². The van der Waals surface area contributed by atoms with Gasteiger partial charge in [-0.15, -0.1) is 13.2 Å². The van der Waals surface area contributed by atoms with Crippen molar-refractivity contribution < 1.29 is 37.0 Å². The standard InChI is InChI=1S/C16H18F3N3O5/c1-26-14(24)8-12-15(25)20-6-7-22(12)9-13(23)21-10-2-4-11(5-3-10)27-16(17,18)19/h2-5,12H,6-9H2,1H3,(H,20,25)(H,21,23)/t12-/m0/s1. The number of ether oxygens (including phenoxy) is 2. The van der Waals surface area contributed by atoms with Crippen molar-refractivity contribution in [2.75, 3.05) is 32.1 Å². The summed E-state index contributed by atoms with van der Waals surface area (Å²) in [5, 5.41) is 5.13. The van der Waals surface area contributed by atoms with E-state index in [4.69, 9.17) is 0 Å². The first-order valence-electron chi connectivity index (χ1n) is 7.92. The zero-order chi connectivity index (χ0) is 20.0. The summed E-state index contributed by atoms with van der Waals surface area (Å²) in [6.45, 7) is 0.516. The Balaban J connectivity index is 1.95. The maximum Gasteiger partial charge on any atom is 0.573 e. The van der Waals surface area contributed by atoms with Gasteiger partial charge in [0.2, 0.25) is 11.8 Å². The summed E-state index contributed by atoms with van der Waals surface area (Å²) in [5.41, 5.74) is 0.264. The Kier molecular flexibility index (Phi) is 6.61. The second kappa shape index (κ2) is 8.71. The first-order chi connectivity index (χ1) is 12.7. The molecule has 2 amide bonds. The molecule has 0 radical (unpaired) electrons. The molecule has 27 heavy (non-hydrogen) atoms. The van der Waals surface area contributed by atoms with E-state index in [0.29, 0.717) is 13.1 Å². The molecule has 1 aliphatic rings. The summed E-state index contributed by atoms with van der Waals surface area (Å²) in [5.74, 6) is -1.86. The van der Waals surface area contributed by atoms with Gasteiger partial charge < -0.3 is 20.1 Å². The number of carbonyl (C=O) groups is 3. The maximum absolute atomic E-state index is 12.2. The summed E-state index contributed by atoms with van der Waals surface area (Å²) in [4.78, 5) is 37.1. The van der Waals surface area contributed by atoms with Crippen LogP contribution in [0.2, 0.25) is 0 Å². The van der Waals surface area contributed by atoms with Gasteiger partial charge in [-0.1, -0.05) is 0 Å². The van der Waals surface area contributed by atoms with Gasteiger partial charge in [0.1, 0.15) is 11.8 Å². The van der Waals surface area contributed by atoms with Gasteiger partial charge in [0.05, 0.1) is 20.1 Å². The van der Waals surface area contributed by atoms with Gasteiger partial charge >= 0.3 is 12.3 Å². The topological polar surface area (TPSA) is 97.0 Å². The molecule has 1 atom stereocenters. The number of hydrogen-bond acceptors (Lipinski definition) is 6. The predicted octanol–water partition coefficient (Wildman–Crippen LogP) is 0.887. The molecule has 0 unspecified atom stereocenters. The Morgan fingerprint density at radius 1 is 1.30 bits per heavy atom. The Hall–Kier alpha value is -2.82. The van der Waals surface area contributed by atoms with Crippen molar-refractivity contribution in [3.63, 3.8) is 0 Å².